The van der Waals surface area contributed by atoms with Gasteiger partial charge in [-0.25, -0.2) is 5.43 Å². The lowest BCUT2D eigenvalue weighted by Gasteiger charge is -2.47. The Hall–Kier alpha value is -3.28. The van der Waals surface area contributed by atoms with Crippen LogP contribution in [0.15, 0.2) is 45.9 Å². The third kappa shape index (κ3) is 3.85. The van der Waals surface area contributed by atoms with Crippen molar-refractivity contribution < 1.29 is 13.9 Å². The number of hydrogen-bond acceptors (Lipinski definition) is 5. The van der Waals surface area contributed by atoms with Gasteiger partial charge < -0.3 is 14.1 Å². The summed E-state index contributed by atoms with van der Waals surface area (Å²) in [6, 6.07) is 11.7. The van der Waals surface area contributed by atoms with Gasteiger partial charge in [0.1, 0.15) is 0 Å². The number of nitrogens with one attached hydrogen (secondary N) is 1. The lowest BCUT2D eigenvalue weighted by Crippen LogP contribution is -2.48. The molecule has 1 aliphatic rings. The standard InChI is InChI=1S/C26H31N3O3/c1-7-29-21-11-16(2)19(12-20(21)17(3)14-26(29,4)5)15-27-28-25(30)23-13-18-9-8-10-22(31-6)24(18)32-23/h8-13,15,17H,7,14H2,1-6H3,(H,28,30)/b27-15-/t17-/m0/s1. The molecule has 168 valence electrons. The number of nitrogens with zero attached hydrogens (tertiary/aromatic N) is 2. The second-order valence-corrected chi connectivity index (χ2v) is 9.12. The number of hydrogen-bond donors (Lipinski definition) is 1. The van der Waals surface area contributed by atoms with Crippen LogP contribution in [0, 0.1) is 6.92 Å². The summed E-state index contributed by atoms with van der Waals surface area (Å²) in [6.45, 7) is 12.2. The van der Waals surface area contributed by atoms with Gasteiger partial charge in [-0.05, 0) is 81.0 Å². The first-order chi connectivity index (χ1) is 15.2. The molecule has 1 amide bonds. The Bertz CT molecular complexity index is 1190. The van der Waals surface area contributed by atoms with Gasteiger partial charge in [0.25, 0.3) is 0 Å². The first kappa shape index (κ1) is 21.9. The normalized spacial score (nSPS) is 17.6. The zero-order valence-electron chi connectivity index (χ0n) is 19.7. The predicted molar refractivity (Wildman–Crippen MR) is 129 cm³/mol. The third-order valence-corrected chi connectivity index (χ3v) is 6.41. The molecule has 1 N–H and O–H groups in total. The van der Waals surface area contributed by atoms with Crippen LogP contribution in [0.25, 0.3) is 11.0 Å². The molecule has 1 aromatic heterocycles. The summed E-state index contributed by atoms with van der Waals surface area (Å²) in [5.41, 5.74) is 8.01. The summed E-state index contributed by atoms with van der Waals surface area (Å²) in [7, 11) is 1.57. The molecule has 2 heterocycles. The molecule has 1 aliphatic heterocycles. The van der Waals surface area contributed by atoms with Crippen molar-refractivity contribution in [2.24, 2.45) is 5.10 Å². The molecule has 0 radical (unpaired) electrons. The second kappa shape index (κ2) is 8.34. The molecule has 0 saturated carbocycles. The highest BCUT2D eigenvalue weighted by molar-refractivity contribution is 5.97. The van der Waals surface area contributed by atoms with Crippen molar-refractivity contribution in [2.45, 2.75) is 52.5 Å². The highest BCUT2D eigenvalue weighted by Crippen LogP contribution is 2.44. The molecular weight excluding hydrogens is 402 g/mol. The number of benzene rings is 2. The van der Waals surface area contributed by atoms with Crippen LogP contribution < -0.4 is 15.1 Å². The van der Waals surface area contributed by atoms with Crippen molar-refractivity contribution in [1.29, 1.82) is 0 Å². The monoisotopic (exact) mass is 433 g/mol. The molecule has 0 aliphatic carbocycles. The van der Waals surface area contributed by atoms with Gasteiger partial charge in [0.2, 0.25) is 0 Å². The molecule has 2 aromatic carbocycles. The van der Waals surface area contributed by atoms with Crippen LogP contribution in [0.5, 0.6) is 5.75 Å². The van der Waals surface area contributed by atoms with E-state index in [1.807, 2.05) is 12.1 Å². The van der Waals surface area contributed by atoms with Crippen molar-refractivity contribution in [3.63, 3.8) is 0 Å². The molecule has 0 fully saturated rings. The van der Waals surface area contributed by atoms with E-state index in [2.05, 4.69) is 62.2 Å². The number of anilines is 1. The third-order valence-electron chi connectivity index (χ3n) is 6.41. The van der Waals surface area contributed by atoms with Gasteiger partial charge in [0.15, 0.2) is 17.1 Å². The summed E-state index contributed by atoms with van der Waals surface area (Å²) < 4.78 is 11.0. The van der Waals surface area contributed by atoms with Crippen molar-refractivity contribution in [1.82, 2.24) is 5.43 Å². The lowest BCUT2D eigenvalue weighted by molar-refractivity contribution is 0.0929. The Balaban J connectivity index is 1.55. The summed E-state index contributed by atoms with van der Waals surface area (Å²) in [6.07, 6.45) is 2.80. The van der Waals surface area contributed by atoms with Crippen LogP contribution in [0.1, 0.15) is 67.3 Å². The van der Waals surface area contributed by atoms with Gasteiger partial charge in [-0.2, -0.15) is 5.10 Å². The lowest BCUT2D eigenvalue weighted by atomic mass is 9.79. The van der Waals surface area contributed by atoms with Crippen LogP contribution in [-0.4, -0.2) is 31.3 Å². The summed E-state index contributed by atoms with van der Waals surface area (Å²) in [5.74, 6) is 0.837. The number of methoxy groups -OCH3 is 1. The summed E-state index contributed by atoms with van der Waals surface area (Å²) in [5, 5.41) is 5.01. The molecule has 32 heavy (non-hydrogen) atoms. The van der Waals surface area contributed by atoms with Crippen LogP contribution in [0.2, 0.25) is 0 Å². The van der Waals surface area contributed by atoms with Crippen LogP contribution >= 0.6 is 0 Å². The van der Waals surface area contributed by atoms with E-state index in [9.17, 15) is 4.79 Å². The zero-order chi connectivity index (χ0) is 23.0. The molecule has 4 rings (SSSR count). The number of rotatable bonds is 5. The maximum atomic E-state index is 12.6. The van der Waals surface area contributed by atoms with Crippen molar-refractivity contribution in [3.05, 3.63) is 58.8 Å². The number of carbonyl (C=O) groups is 1. The number of amides is 1. The zero-order valence-corrected chi connectivity index (χ0v) is 19.7. The number of ether oxygens (including phenoxy) is 1. The maximum Gasteiger partial charge on any atom is 0.307 e. The van der Waals surface area contributed by atoms with Crippen LogP contribution in [0.4, 0.5) is 5.69 Å². The van der Waals surface area contributed by atoms with Gasteiger partial charge >= 0.3 is 5.91 Å². The van der Waals surface area contributed by atoms with E-state index in [1.165, 1.54) is 11.3 Å². The summed E-state index contributed by atoms with van der Waals surface area (Å²) >= 11 is 0. The van der Waals surface area contributed by atoms with Crippen LogP contribution in [0.3, 0.4) is 0 Å². The number of fused-ring (bicyclic) bond motifs is 2. The van der Waals surface area contributed by atoms with E-state index in [4.69, 9.17) is 9.15 Å². The Labute approximate surface area is 189 Å². The number of aryl methyl sites for hydroxylation is 1. The minimum atomic E-state index is -0.401. The average Bonchev–Trinajstić information content (AvgIpc) is 3.18. The SMILES string of the molecule is CCN1c2cc(C)c(/C=N\NC(=O)c3cc4cccc(OC)c4o3)cc2[C@@H](C)CC1(C)C. The highest BCUT2D eigenvalue weighted by Gasteiger charge is 2.35. The summed E-state index contributed by atoms with van der Waals surface area (Å²) in [4.78, 5) is 15.0. The molecule has 3 aromatic rings. The molecule has 0 saturated heterocycles. The molecule has 6 nitrogen and oxygen atoms in total. The smallest absolute Gasteiger partial charge is 0.307 e. The van der Waals surface area contributed by atoms with Gasteiger partial charge in [-0.15, -0.1) is 0 Å². The fraction of sp³-hybridized carbons (Fsp3) is 0.385. The minimum absolute atomic E-state index is 0.131. The van der Waals surface area contributed by atoms with Gasteiger partial charge in [0.05, 0.1) is 13.3 Å². The van der Waals surface area contributed by atoms with E-state index < -0.39 is 5.91 Å². The van der Waals surface area contributed by atoms with Gasteiger partial charge in [0, 0.05) is 23.2 Å². The van der Waals surface area contributed by atoms with E-state index in [1.54, 1.807) is 25.5 Å². The topological polar surface area (TPSA) is 67.1 Å². The molecule has 0 unspecified atom stereocenters. The van der Waals surface area contributed by atoms with Gasteiger partial charge in [-0.3, -0.25) is 4.79 Å². The van der Waals surface area contributed by atoms with E-state index in [0.717, 1.165) is 29.5 Å². The second-order valence-electron chi connectivity index (χ2n) is 9.12. The average molecular weight is 434 g/mol. The Morgan fingerprint density at radius 2 is 2.12 bits per heavy atom. The number of carbonyl (C=O) groups excluding carboxylic acids is 1. The predicted octanol–water partition coefficient (Wildman–Crippen LogP) is 5.63. The van der Waals surface area contributed by atoms with Crippen molar-refractivity contribution in [3.8, 4) is 5.75 Å². The molecule has 0 spiro atoms. The molecule has 6 heteroatoms. The Kier molecular flexibility index (Phi) is 5.71. The highest BCUT2D eigenvalue weighted by atomic mass is 16.5. The Morgan fingerprint density at radius 1 is 1.34 bits per heavy atom. The number of para-hydroxylation sites is 1. The van der Waals surface area contributed by atoms with Gasteiger partial charge in [-0.1, -0.05) is 19.1 Å². The van der Waals surface area contributed by atoms with E-state index >= 15 is 0 Å². The Morgan fingerprint density at radius 3 is 2.84 bits per heavy atom. The number of hydrazone groups is 1. The fourth-order valence-corrected chi connectivity index (χ4v) is 4.91. The van der Waals surface area contributed by atoms with Crippen LogP contribution in [-0.2, 0) is 0 Å². The van der Waals surface area contributed by atoms with Crippen molar-refractivity contribution >= 4 is 28.8 Å². The minimum Gasteiger partial charge on any atom is -0.493 e. The molecule has 1 atom stereocenters. The quantitative estimate of drug-likeness (QED) is 0.418. The maximum absolute atomic E-state index is 12.6. The molecular formula is C26H31N3O3. The first-order valence-corrected chi connectivity index (χ1v) is 11.1. The first-order valence-electron chi connectivity index (χ1n) is 11.1. The van der Waals surface area contributed by atoms with Crippen molar-refractivity contribution in [2.75, 3.05) is 18.6 Å². The van der Waals surface area contributed by atoms with E-state index in [0.29, 0.717) is 17.3 Å². The number of furan rings is 1. The van der Waals surface area contributed by atoms with E-state index in [-0.39, 0.29) is 11.3 Å². The fourth-order valence-electron chi connectivity index (χ4n) is 4.91. The molecule has 0 bridgehead atoms. The largest absolute Gasteiger partial charge is 0.493 e.